The van der Waals surface area contributed by atoms with Crippen LogP contribution >= 0.6 is 0 Å². The van der Waals surface area contributed by atoms with Crippen molar-refractivity contribution < 1.29 is 12.6 Å². The van der Waals surface area contributed by atoms with Crippen LogP contribution in [0, 0.1) is 0 Å². The number of benzene rings is 1. The maximum absolute atomic E-state index is 11.9. The van der Waals surface area contributed by atoms with Gasteiger partial charge in [0.25, 0.3) is 10.1 Å². The molecule has 0 N–H and O–H groups in total. The second-order valence-corrected chi connectivity index (χ2v) is 7.39. The van der Waals surface area contributed by atoms with Crippen molar-refractivity contribution in [1.82, 2.24) is 0 Å². The van der Waals surface area contributed by atoms with Crippen molar-refractivity contribution in [2.24, 2.45) is 0 Å². The number of unbranched alkanes of at least 4 members (excludes halogenated alkanes) is 9. The number of hydrogen-bond donors (Lipinski definition) is 0. The van der Waals surface area contributed by atoms with E-state index in [2.05, 4.69) is 6.92 Å². The smallest absolute Gasteiger partial charge is 0.266 e. The van der Waals surface area contributed by atoms with Gasteiger partial charge in [0.15, 0.2) is 0 Å². The molecule has 5 heteroatoms. The first-order valence-corrected chi connectivity index (χ1v) is 10.0. The Morgan fingerprint density at radius 3 is 1.78 bits per heavy atom. The van der Waals surface area contributed by atoms with Crippen LogP contribution in [0.3, 0.4) is 0 Å². The molecule has 23 heavy (non-hydrogen) atoms. The lowest BCUT2D eigenvalue weighted by Gasteiger charge is -2.05. The molecule has 134 valence electrons. The fourth-order valence-electron chi connectivity index (χ4n) is 2.41. The van der Waals surface area contributed by atoms with E-state index in [4.69, 9.17) is 4.18 Å². The highest BCUT2D eigenvalue weighted by Gasteiger charge is 2.13. The Bertz CT molecular complexity index is 474. The molecule has 0 radical (unpaired) electrons. The van der Waals surface area contributed by atoms with Gasteiger partial charge in [0.05, 0.1) is 11.5 Å². The summed E-state index contributed by atoms with van der Waals surface area (Å²) in [5, 5.41) is 0. The van der Waals surface area contributed by atoms with Crippen LogP contribution in [-0.4, -0.2) is 26.0 Å². The van der Waals surface area contributed by atoms with Crippen LogP contribution in [0.25, 0.3) is 0 Å². The molecule has 1 rings (SSSR count). The SMILES string of the molecule is CCCCCCCCCCCCOS(=O)(=O)c1ccccc1.[SiH4]. The zero-order valence-electron chi connectivity index (χ0n) is 13.8. The Morgan fingerprint density at radius 1 is 0.783 bits per heavy atom. The first-order chi connectivity index (χ1) is 10.7. The summed E-state index contributed by atoms with van der Waals surface area (Å²) < 4.78 is 28.8. The molecule has 0 saturated heterocycles. The van der Waals surface area contributed by atoms with Gasteiger partial charge in [-0.3, -0.25) is 4.18 Å². The lowest BCUT2D eigenvalue weighted by Crippen LogP contribution is -2.07. The zero-order chi connectivity index (χ0) is 16.1. The zero-order valence-corrected chi connectivity index (χ0v) is 14.6. The van der Waals surface area contributed by atoms with Gasteiger partial charge in [0, 0.05) is 0 Å². The Kier molecular flexibility index (Phi) is 13.4. The monoisotopic (exact) mass is 358 g/mol. The summed E-state index contributed by atoms with van der Waals surface area (Å²) in [6.45, 7) is 2.52. The molecule has 0 spiro atoms. The minimum absolute atomic E-state index is 0. The van der Waals surface area contributed by atoms with Crippen molar-refractivity contribution in [3.63, 3.8) is 0 Å². The molecule has 1 aromatic carbocycles. The average Bonchev–Trinajstić information content (AvgIpc) is 2.53. The quantitative estimate of drug-likeness (QED) is 0.305. The van der Waals surface area contributed by atoms with Crippen molar-refractivity contribution >= 4 is 21.1 Å². The summed E-state index contributed by atoms with van der Waals surface area (Å²) >= 11 is 0. The summed E-state index contributed by atoms with van der Waals surface area (Å²) in [5.41, 5.74) is 0. The molecule has 3 nitrogen and oxygen atoms in total. The molecule has 0 saturated carbocycles. The number of hydrogen-bond acceptors (Lipinski definition) is 3. The normalized spacial score (nSPS) is 11.2. The largest absolute Gasteiger partial charge is 0.296 e. The molecular formula is C18H34O3SSi. The first-order valence-electron chi connectivity index (χ1n) is 8.61. The summed E-state index contributed by atoms with van der Waals surface area (Å²) in [4.78, 5) is 0.238. The van der Waals surface area contributed by atoms with Crippen molar-refractivity contribution in [3.05, 3.63) is 30.3 Å². The first kappa shape index (κ1) is 22.3. The van der Waals surface area contributed by atoms with E-state index >= 15 is 0 Å². The molecule has 0 aliphatic heterocycles. The van der Waals surface area contributed by atoms with Gasteiger partial charge >= 0.3 is 0 Å². The standard InChI is InChI=1S/C18H30O3S.H4Si/c1-2-3-4-5-6-7-8-9-10-14-17-21-22(19,20)18-15-12-11-13-16-18;/h11-13,15-16H,2-10,14,17H2,1H3;1H4. The van der Waals surface area contributed by atoms with Gasteiger partial charge in [-0.25, -0.2) is 0 Å². The van der Waals surface area contributed by atoms with E-state index in [0.29, 0.717) is 0 Å². The van der Waals surface area contributed by atoms with E-state index in [1.54, 1.807) is 30.3 Å². The van der Waals surface area contributed by atoms with Crippen LogP contribution in [0.4, 0.5) is 0 Å². The molecule has 0 fully saturated rings. The highest BCUT2D eigenvalue weighted by Crippen LogP contribution is 2.13. The van der Waals surface area contributed by atoms with E-state index < -0.39 is 10.1 Å². The van der Waals surface area contributed by atoms with Gasteiger partial charge in [0.1, 0.15) is 0 Å². The minimum Gasteiger partial charge on any atom is -0.266 e. The van der Waals surface area contributed by atoms with Crippen molar-refractivity contribution in [1.29, 1.82) is 0 Å². The third-order valence-electron chi connectivity index (χ3n) is 3.77. The Labute approximate surface area is 147 Å². The van der Waals surface area contributed by atoms with Gasteiger partial charge in [-0.1, -0.05) is 82.9 Å². The Morgan fingerprint density at radius 2 is 1.26 bits per heavy atom. The minimum atomic E-state index is -3.57. The maximum atomic E-state index is 11.9. The van der Waals surface area contributed by atoms with Gasteiger partial charge in [-0.05, 0) is 29.5 Å². The molecule has 0 bridgehead atoms. The van der Waals surface area contributed by atoms with E-state index in [-0.39, 0.29) is 22.5 Å². The predicted molar refractivity (Wildman–Crippen MR) is 103 cm³/mol. The third kappa shape index (κ3) is 10.7. The summed E-state index contributed by atoms with van der Waals surface area (Å²) in [7, 11) is -3.57. The van der Waals surface area contributed by atoms with Gasteiger partial charge in [-0.2, -0.15) is 8.42 Å². The Balaban J connectivity index is 0.00000484. The van der Waals surface area contributed by atoms with Crippen LogP contribution in [-0.2, 0) is 14.3 Å². The molecule has 0 atom stereocenters. The molecule has 0 heterocycles. The molecule has 0 aromatic heterocycles. The van der Waals surface area contributed by atoms with E-state index in [1.807, 2.05) is 0 Å². The molecule has 0 aliphatic carbocycles. The van der Waals surface area contributed by atoms with Crippen LogP contribution in [0.1, 0.15) is 71.1 Å². The lowest BCUT2D eigenvalue weighted by atomic mass is 10.1. The fourth-order valence-corrected chi connectivity index (χ4v) is 3.38. The predicted octanol–water partition coefficient (Wildman–Crippen LogP) is 3.86. The fraction of sp³-hybridized carbons (Fsp3) is 0.667. The molecule has 0 aliphatic rings. The third-order valence-corrected chi connectivity index (χ3v) is 5.09. The van der Waals surface area contributed by atoms with Crippen LogP contribution in [0.2, 0.25) is 0 Å². The molecule has 0 unspecified atom stereocenters. The summed E-state index contributed by atoms with van der Waals surface area (Å²) in [6, 6.07) is 8.33. The summed E-state index contributed by atoms with van der Waals surface area (Å²) in [5.74, 6) is 0. The van der Waals surface area contributed by atoms with Crippen LogP contribution in [0.15, 0.2) is 35.2 Å². The van der Waals surface area contributed by atoms with Crippen molar-refractivity contribution in [2.45, 2.75) is 76.0 Å². The van der Waals surface area contributed by atoms with Crippen LogP contribution < -0.4 is 0 Å². The average molecular weight is 359 g/mol. The van der Waals surface area contributed by atoms with E-state index in [0.717, 1.165) is 12.8 Å². The van der Waals surface area contributed by atoms with E-state index in [9.17, 15) is 8.42 Å². The molecule has 1 aromatic rings. The van der Waals surface area contributed by atoms with Crippen LogP contribution in [0.5, 0.6) is 0 Å². The molecular weight excluding hydrogens is 324 g/mol. The van der Waals surface area contributed by atoms with E-state index in [1.165, 1.54) is 51.4 Å². The lowest BCUT2D eigenvalue weighted by molar-refractivity contribution is 0.306. The second kappa shape index (κ2) is 13.8. The van der Waals surface area contributed by atoms with Gasteiger partial charge in [0.2, 0.25) is 0 Å². The van der Waals surface area contributed by atoms with Gasteiger partial charge < -0.3 is 0 Å². The second-order valence-electron chi connectivity index (χ2n) is 5.77. The topological polar surface area (TPSA) is 43.4 Å². The highest BCUT2D eigenvalue weighted by molar-refractivity contribution is 7.86. The number of rotatable bonds is 13. The van der Waals surface area contributed by atoms with Crippen molar-refractivity contribution in [2.75, 3.05) is 6.61 Å². The highest BCUT2D eigenvalue weighted by atomic mass is 32.2. The Hall–Kier alpha value is -0.653. The maximum Gasteiger partial charge on any atom is 0.296 e. The van der Waals surface area contributed by atoms with Gasteiger partial charge in [-0.15, -0.1) is 0 Å². The van der Waals surface area contributed by atoms with Crippen molar-refractivity contribution in [3.8, 4) is 0 Å². The summed E-state index contributed by atoms with van der Waals surface area (Å²) in [6.07, 6.45) is 12.3. The molecule has 0 amide bonds.